The molecule has 21 heavy (non-hydrogen) atoms. The number of terminal acetylenes is 1. The van der Waals surface area contributed by atoms with Gasteiger partial charge in [0.25, 0.3) is 0 Å². The smallest absolute Gasteiger partial charge is 0.228 e. The fourth-order valence-electron chi connectivity index (χ4n) is 2.30. The lowest BCUT2D eigenvalue weighted by Crippen LogP contribution is -2.16. The quantitative estimate of drug-likeness (QED) is 0.836. The van der Waals surface area contributed by atoms with Crippen LogP contribution in [0.5, 0.6) is 0 Å². The summed E-state index contributed by atoms with van der Waals surface area (Å²) in [5.74, 6) is 4.10. The highest BCUT2D eigenvalue weighted by atomic mass is 16.2. The normalized spacial score (nSPS) is 19.9. The molecule has 0 unspecified atom stereocenters. The predicted molar refractivity (Wildman–Crippen MR) is 80.7 cm³/mol. The Bertz CT molecular complexity index is 764. The number of amides is 1. The number of anilines is 2. The molecule has 1 saturated carbocycles. The zero-order valence-corrected chi connectivity index (χ0v) is 11.8. The van der Waals surface area contributed by atoms with Crippen molar-refractivity contribution in [1.82, 2.24) is 15.2 Å². The van der Waals surface area contributed by atoms with Crippen LogP contribution in [0.25, 0.3) is 10.9 Å². The molecule has 1 aliphatic carbocycles. The molecule has 2 atom stereocenters. The van der Waals surface area contributed by atoms with Gasteiger partial charge >= 0.3 is 0 Å². The zero-order chi connectivity index (χ0) is 15.0. The molecule has 0 aromatic carbocycles. The molecule has 2 N–H and O–H groups in total. The van der Waals surface area contributed by atoms with Gasteiger partial charge < -0.3 is 10.6 Å². The van der Waals surface area contributed by atoms with E-state index in [-0.39, 0.29) is 11.8 Å². The first-order valence-corrected chi connectivity index (χ1v) is 6.75. The largest absolute Gasteiger partial charge is 0.371 e. The second-order valence-electron chi connectivity index (χ2n) is 5.22. The molecule has 2 heterocycles. The lowest BCUT2D eigenvalue weighted by atomic mass is 10.1. The van der Waals surface area contributed by atoms with Crippen LogP contribution in [0.3, 0.4) is 0 Å². The summed E-state index contributed by atoms with van der Waals surface area (Å²) < 4.78 is 0. The minimum Gasteiger partial charge on any atom is -0.371 e. The Morgan fingerprint density at radius 3 is 2.86 bits per heavy atom. The average Bonchev–Trinajstić information content (AvgIpc) is 3.23. The maximum atomic E-state index is 12.0. The molecule has 0 spiro atoms. The molecule has 3 rings (SSSR count). The first-order chi connectivity index (χ1) is 10.1. The summed E-state index contributed by atoms with van der Waals surface area (Å²) in [5, 5.41) is 14.6. The number of fused-ring (bicyclic) bond motifs is 1. The Kier molecular flexibility index (Phi) is 3.18. The first kappa shape index (κ1) is 13.3. The van der Waals surface area contributed by atoms with Gasteiger partial charge in [-0.25, -0.2) is 4.98 Å². The number of pyridine rings is 1. The highest BCUT2D eigenvalue weighted by Crippen LogP contribution is 2.38. The average molecular weight is 281 g/mol. The molecular weight excluding hydrogens is 266 g/mol. The summed E-state index contributed by atoms with van der Waals surface area (Å²) in [6, 6.07) is 1.74. The van der Waals surface area contributed by atoms with E-state index >= 15 is 0 Å². The van der Waals surface area contributed by atoms with Crippen molar-refractivity contribution in [3.8, 4) is 12.3 Å². The second-order valence-corrected chi connectivity index (χ2v) is 5.22. The van der Waals surface area contributed by atoms with Crippen molar-refractivity contribution in [3.05, 3.63) is 17.8 Å². The summed E-state index contributed by atoms with van der Waals surface area (Å²) in [7, 11) is 1.75. The Balaban J connectivity index is 1.99. The molecule has 106 valence electrons. The van der Waals surface area contributed by atoms with Gasteiger partial charge in [0.2, 0.25) is 5.91 Å². The molecule has 1 aliphatic rings. The van der Waals surface area contributed by atoms with Crippen LogP contribution in [0.2, 0.25) is 0 Å². The fraction of sp³-hybridized carbons (Fsp3) is 0.333. The van der Waals surface area contributed by atoms with E-state index in [1.807, 2.05) is 0 Å². The van der Waals surface area contributed by atoms with E-state index in [1.54, 1.807) is 19.3 Å². The molecule has 2 aromatic rings. The molecule has 1 fully saturated rings. The maximum absolute atomic E-state index is 12.0. The van der Waals surface area contributed by atoms with Gasteiger partial charge in [0.1, 0.15) is 5.52 Å². The fourth-order valence-corrected chi connectivity index (χ4v) is 2.30. The molecule has 6 heteroatoms. The monoisotopic (exact) mass is 281 g/mol. The molecule has 2 aromatic heterocycles. The van der Waals surface area contributed by atoms with Gasteiger partial charge in [-0.1, -0.05) is 12.8 Å². The van der Waals surface area contributed by atoms with Crippen molar-refractivity contribution in [2.75, 3.05) is 17.7 Å². The topological polar surface area (TPSA) is 79.8 Å². The van der Waals surface area contributed by atoms with Crippen LogP contribution in [0, 0.1) is 24.2 Å². The number of hydrogen-bond donors (Lipinski definition) is 2. The third-order valence-corrected chi connectivity index (χ3v) is 3.72. The summed E-state index contributed by atoms with van der Waals surface area (Å²) >= 11 is 0. The third-order valence-electron chi connectivity index (χ3n) is 3.72. The minimum absolute atomic E-state index is 0.0127. The van der Waals surface area contributed by atoms with Crippen LogP contribution in [0.4, 0.5) is 11.6 Å². The van der Waals surface area contributed by atoms with Gasteiger partial charge in [0.05, 0.1) is 5.56 Å². The second kappa shape index (κ2) is 5.02. The Morgan fingerprint density at radius 2 is 2.24 bits per heavy atom. The van der Waals surface area contributed by atoms with E-state index in [9.17, 15) is 4.79 Å². The number of nitrogens with one attached hydrogen (secondary N) is 2. The highest BCUT2D eigenvalue weighted by molar-refractivity contribution is 5.97. The molecule has 0 radical (unpaired) electrons. The van der Waals surface area contributed by atoms with Gasteiger partial charge in [-0.3, -0.25) is 4.79 Å². The van der Waals surface area contributed by atoms with E-state index in [0.717, 1.165) is 11.8 Å². The van der Waals surface area contributed by atoms with Crippen molar-refractivity contribution in [3.63, 3.8) is 0 Å². The van der Waals surface area contributed by atoms with Gasteiger partial charge in [-0.05, 0) is 18.4 Å². The van der Waals surface area contributed by atoms with Crippen molar-refractivity contribution in [2.24, 2.45) is 11.8 Å². The molecular formula is C15H15N5O. The Morgan fingerprint density at radius 1 is 1.48 bits per heavy atom. The van der Waals surface area contributed by atoms with Crippen LogP contribution in [0.15, 0.2) is 12.3 Å². The molecule has 0 bridgehead atoms. The van der Waals surface area contributed by atoms with Gasteiger partial charge in [0.15, 0.2) is 11.6 Å². The lowest BCUT2D eigenvalue weighted by Gasteiger charge is -2.08. The summed E-state index contributed by atoms with van der Waals surface area (Å²) in [5.41, 5.74) is 1.21. The van der Waals surface area contributed by atoms with Crippen molar-refractivity contribution in [2.45, 2.75) is 13.3 Å². The third kappa shape index (κ3) is 2.38. The summed E-state index contributed by atoms with van der Waals surface area (Å²) in [6.45, 7) is 2.05. The van der Waals surface area contributed by atoms with Gasteiger partial charge in [-0.15, -0.1) is 16.6 Å². The Labute approximate surface area is 122 Å². The van der Waals surface area contributed by atoms with E-state index in [2.05, 4.69) is 38.7 Å². The summed E-state index contributed by atoms with van der Waals surface area (Å²) in [4.78, 5) is 16.1. The minimum atomic E-state index is -0.0127. The number of aromatic nitrogens is 3. The zero-order valence-electron chi connectivity index (χ0n) is 11.8. The number of nitrogens with zero attached hydrogens (tertiary/aromatic N) is 3. The SMILES string of the molecule is C#Cc1cnc(NC)c2nnc(NC(=O)[C@H]3C[C@H]3C)cc12. The number of rotatable bonds is 3. The van der Waals surface area contributed by atoms with Gasteiger partial charge in [0, 0.05) is 24.5 Å². The van der Waals surface area contributed by atoms with Gasteiger partial charge in [-0.2, -0.15) is 0 Å². The molecule has 0 aliphatic heterocycles. The van der Waals surface area contributed by atoms with Crippen molar-refractivity contribution < 1.29 is 4.79 Å². The number of hydrogen-bond acceptors (Lipinski definition) is 5. The molecule has 1 amide bonds. The van der Waals surface area contributed by atoms with E-state index in [0.29, 0.717) is 28.6 Å². The van der Waals surface area contributed by atoms with E-state index in [4.69, 9.17) is 6.42 Å². The summed E-state index contributed by atoms with van der Waals surface area (Å²) in [6.07, 6.45) is 8.02. The lowest BCUT2D eigenvalue weighted by molar-refractivity contribution is -0.117. The number of carbonyl (C=O) groups excluding carboxylic acids is 1. The van der Waals surface area contributed by atoms with Crippen molar-refractivity contribution in [1.29, 1.82) is 0 Å². The molecule has 6 nitrogen and oxygen atoms in total. The van der Waals surface area contributed by atoms with E-state index < -0.39 is 0 Å². The number of carbonyl (C=O) groups is 1. The van der Waals surface area contributed by atoms with Crippen LogP contribution in [-0.4, -0.2) is 28.1 Å². The van der Waals surface area contributed by atoms with Crippen LogP contribution < -0.4 is 10.6 Å². The molecule has 0 saturated heterocycles. The van der Waals surface area contributed by atoms with Crippen LogP contribution in [-0.2, 0) is 4.79 Å². The Hall–Kier alpha value is -2.68. The highest BCUT2D eigenvalue weighted by Gasteiger charge is 2.39. The van der Waals surface area contributed by atoms with E-state index in [1.165, 1.54) is 0 Å². The predicted octanol–water partition coefficient (Wildman–Crippen LogP) is 1.64. The first-order valence-electron chi connectivity index (χ1n) is 6.75. The van der Waals surface area contributed by atoms with Crippen LogP contribution >= 0.6 is 0 Å². The van der Waals surface area contributed by atoms with Crippen LogP contribution in [0.1, 0.15) is 18.9 Å². The van der Waals surface area contributed by atoms with Crippen molar-refractivity contribution >= 4 is 28.4 Å². The standard InChI is InChI=1S/C15H15N5O/c1-4-9-7-17-14(16-3)13-11(9)6-12(19-20-13)18-15(21)10-5-8(10)2/h1,6-8,10H,5H2,2-3H3,(H,16,17)(H,18,19,21)/t8-,10+/m1/s1. The maximum Gasteiger partial charge on any atom is 0.228 e.